The van der Waals surface area contributed by atoms with E-state index in [4.69, 9.17) is 26.1 Å². The second kappa shape index (κ2) is 9.19. The molecule has 1 fully saturated rings. The molecule has 0 bridgehead atoms. The number of aromatic nitrogens is 6. The van der Waals surface area contributed by atoms with Crippen molar-refractivity contribution in [1.82, 2.24) is 29.5 Å². The largest absolute Gasteiger partial charge is 0.480 e. The highest BCUT2D eigenvalue weighted by Crippen LogP contribution is 2.44. The molecule has 0 saturated carbocycles. The molecule has 6 rings (SSSR count). The van der Waals surface area contributed by atoms with Gasteiger partial charge in [-0.15, -0.1) is 5.10 Å². The van der Waals surface area contributed by atoms with Gasteiger partial charge in [0.2, 0.25) is 5.88 Å². The predicted octanol–water partition coefficient (Wildman–Crippen LogP) is 5.37. The summed E-state index contributed by atoms with van der Waals surface area (Å²) in [5.74, 6) is 0.870. The Labute approximate surface area is 213 Å². The quantitative estimate of drug-likeness (QED) is 0.321. The van der Waals surface area contributed by atoms with E-state index >= 15 is 0 Å². The minimum Gasteiger partial charge on any atom is -0.480 e. The summed E-state index contributed by atoms with van der Waals surface area (Å²) in [5, 5.41) is 9.84. The number of nitrogens with zero attached hydrogens (tertiary/aromatic N) is 6. The molecule has 9 heteroatoms. The van der Waals surface area contributed by atoms with Gasteiger partial charge in [0.15, 0.2) is 0 Å². The molecule has 1 atom stereocenters. The predicted molar refractivity (Wildman–Crippen MR) is 139 cm³/mol. The molecule has 5 heterocycles. The van der Waals surface area contributed by atoms with Crippen molar-refractivity contribution in [3.8, 4) is 17.1 Å². The first kappa shape index (κ1) is 22.9. The van der Waals surface area contributed by atoms with Crippen molar-refractivity contribution in [1.29, 1.82) is 0 Å². The van der Waals surface area contributed by atoms with E-state index in [1.807, 2.05) is 26.2 Å². The van der Waals surface area contributed by atoms with Crippen LogP contribution in [0.1, 0.15) is 30.1 Å². The summed E-state index contributed by atoms with van der Waals surface area (Å²) >= 11 is 6.91. The lowest BCUT2D eigenvalue weighted by atomic mass is 9.86. The van der Waals surface area contributed by atoms with Crippen molar-refractivity contribution >= 4 is 33.5 Å². The average Bonchev–Trinajstić information content (AvgIpc) is 3.43. The van der Waals surface area contributed by atoms with Gasteiger partial charge in [-0.2, -0.15) is 0 Å². The van der Waals surface area contributed by atoms with Gasteiger partial charge in [0.25, 0.3) is 0 Å². The topological polar surface area (TPSA) is 79.9 Å². The van der Waals surface area contributed by atoms with E-state index in [1.165, 1.54) is 5.56 Å². The van der Waals surface area contributed by atoms with Crippen LogP contribution in [-0.2, 0) is 11.8 Å². The molecular weight excluding hydrogens is 476 g/mol. The number of pyridine rings is 2. The number of rotatable bonds is 5. The van der Waals surface area contributed by atoms with Crippen LogP contribution >= 0.6 is 11.6 Å². The molecule has 1 aliphatic rings. The highest BCUT2D eigenvalue weighted by atomic mass is 35.5. The molecule has 0 N–H and O–H groups in total. The summed E-state index contributed by atoms with van der Waals surface area (Å²) < 4.78 is 15.6. The van der Waals surface area contributed by atoms with Crippen LogP contribution in [0.15, 0.2) is 48.8 Å². The van der Waals surface area contributed by atoms with Crippen molar-refractivity contribution in [2.45, 2.75) is 25.8 Å². The second-order valence-electron chi connectivity index (χ2n) is 9.25. The van der Waals surface area contributed by atoms with E-state index < -0.39 is 0 Å². The van der Waals surface area contributed by atoms with E-state index in [-0.39, 0.29) is 6.04 Å². The van der Waals surface area contributed by atoms with Gasteiger partial charge < -0.3 is 14.0 Å². The Morgan fingerprint density at radius 3 is 2.58 bits per heavy atom. The molecule has 1 saturated heterocycles. The maximum Gasteiger partial charge on any atom is 0.224 e. The molecule has 0 amide bonds. The first-order chi connectivity index (χ1) is 17.6. The Hall–Kier alpha value is -3.49. The van der Waals surface area contributed by atoms with Gasteiger partial charge in [-0.25, -0.2) is 9.67 Å². The van der Waals surface area contributed by atoms with Crippen LogP contribution in [0.2, 0.25) is 5.02 Å². The highest BCUT2D eigenvalue weighted by Gasteiger charge is 2.32. The molecule has 1 aromatic carbocycles. The summed E-state index contributed by atoms with van der Waals surface area (Å²) in [6.07, 6.45) is 5.45. The normalized spacial score (nSPS) is 15.6. The number of fused-ring (bicyclic) bond motifs is 3. The number of ether oxygens (including phenoxy) is 2. The Bertz CT molecular complexity index is 1540. The number of halogens is 1. The lowest BCUT2D eigenvalue weighted by Crippen LogP contribution is -2.27. The minimum absolute atomic E-state index is 0.0301. The van der Waals surface area contributed by atoms with Gasteiger partial charge in [0.05, 0.1) is 52.2 Å². The van der Waals surface area contributed by atoms with Crippen LogP contribution in [0.5, 0.6) is 5.88 Å². The third-order valence-electron chi connectivity index (χ3n) is 7.17. The molecule has 184 valence electrons. The van der Waals surface area contributed by atoms with Crippen LogP contribution in [0.4, 0.5) is 0 Å². The van der Waals surface area contributed by atoms with E-state index in [1.54, 1.807) is 18.0 Å². The zero-order chi connectivity index (χ0) is 24.8. The maximum atomic E-state index is 6.91. The van der Waals surface area contributed by atoms with E-state index in [9.17, 15) is 0 Å². The van der Waals surface area contributed by atoms with Crippen molar-refractivity contribution in [2.75, 3.05) is 20.3 Å². The number of benzene rings is 1. The molecular formula is C27H27ClN6O2. The smallest absolute Gasteiger partial charge is 0.224 e. The van der Waals surface area contributed by atoms with Gasteiger partial charge in [-0.1, -0.05) is 47.1 Å². The average molecular weight is 503 g/mol. The minimum atomic E-state index is 0.0301. The van der Waals surface area contributed by atoms with Gasteiger partial charge in [-0.05, 0) is 37.3 Å². The zero-order valence-corrected chi connectivity index (χ0v) is 21.2. The van der Waals surface area contributed by atoms with E-state index in [0.717, 1.165) is 64.9 Å². The van der Waals surface area contributed by atoms with Crippen molar-refractivity contribution in [3.63, 3.8) is 0 Å². The fourth-order valence-electron chi connectivity index (χ4n) is 5.60. The Kier molecular flexibility index (Phi) is 5.85. The summed E-state index contributed by atoms with van der Waals surface area (Å²) in [4.78, 5) is 9.43. The molecule has 1 aliphatic heterocycles. The number of methoxy groups -OCH3 is 1. The van der Waals surface area contributed by atoms with E-state index in [0.29, 0.717) is 16.8 Å². The fraction of sp³-hybridized carbons (Fsp3) is 0.333. The summed E-state index contributed by atoms with van der Waals surface area (Å²) in [7, 11) is 3.53. The summed E-state index contributed by atoms with van der Waals surface area (Å²) in [6, 6.07) is 12.8. The maximum absolute atomic E-state index is 6.91. The summed E-state index contributed by atoms with van der Waals surface area (Å²) in [6.45, 7) is 3.45. The fourth-order valence-corrected chi connectivity index (χ4v) is 5.84. The molecule has 0 aliphatic carbocycles. The molecule has 0 unspecified atom stereocenters. The number of aryl methyl sites for hydroxylation is 2. The van der Waals surface area contributed by atoms with Crippen LogP contribution in [-0.4, -0.2) is 49.9 Å². The van der Waals surface area contributed by atoms with Crippen molar-refractivity contribution in [3.05, 3.63) is 65.1 Å². The van der Waals surface area contributed by atoms with Gasteiger partial charge in [-0.3, -0.25) is 4.98 Å². The third kappa shape index (κ3) is 3.63. The number of hydrogen-bond donors (Lipinski definition) is 0. The first-order valence-electron chi connectivity index (χ1n) is 12.1. The first-order valence-corrected chi connectivity index (χ1v) is 12.5. The Balaban J connectivity index is 1.72. The molecule has 0 spiro atoms. The van der Waals surface area contributed by atoms with Gasteiger partial charge in [0.1, 0.15) is 5.52 Å². The highest BCUT2D eigenvalue weighted by molar-refractivity contribution is 6.36. The standard InChI is InChI=1S/C27H27ClN6O2/c1-16-24(33(2)32-31-16)19-13-21-23(29-14-19)22-26(20(28)15-30-27(22)35-3)34(21)25(17-7-5-4-6-8-17)18-9-11-36-12-10-18/h4-8,13-15,18,25H,9-12H2,1-3H3/t25-/m1/s1. The molecule has 0 radical (unpaired) electrons. The van der Waals surface area contributed by atoms with Crippen LogP contribution in [0.3, 0.4) is 0 Å². The zero-order valence-electron chi connectivity index (χ0n) is 20.5. The monoisotopic (exact) mass is 502 g/mol. The lowest BCUT2D eigenvalue weighted by Gasteiger charge is -2.33. The van der Waals surface area contributed by atoms with Gasteiger partial charge in [0, 0.05) is 32.0 Å². The van der Waals surface area contributed by atoms with E-state index in [2.05, 4.69) is 50.2 Å². The summed E-state index contributed by atoms with van der Waals surface area (Å²) in [5.41, 5.74) is 6.60. The molecule has 5 aromatic rings. The van der Waals surface area contributed by atoms with Crippen molar-refractivity contribution in [2.24, 2.45) is 13.0 Å². The SMILES string of the molecule is COc1ncc(Cl)c2c1c1ncc(-c3c(C)nnn3C)cc1n2[C@H](c1ccccc1)C1CCOCC1. The van der Waals surface area contributed by atoms with Gasteiger partial charge >= 0.3 is 0 Å². The second-order valence-corrected chi connectivity index (χ2v) is 9.66. The lowest BCUT2D eigenvalue weighted by molar-refractivity contribution is 0.0553. The molecule has 4 aromatic heterocycles. The van der Waals surface area contributed by atoms with Crippen LogP contribution in [0.25, 0.3) is 33.2 Å². The third-order valence-corrected chi connectivity index (χ3v) is 7.45. The Morgan fingerprint density at radius 2 is 1.89 bits per heavy atom. The molecule has 8 nitrogen and oxygen atoms in total. The van der Waals surface area contributed by atoms with Crippen LogP contribution < -0.4 is 4.74 Å². The van der Waals surface area contributed by atoms with Crippen molar-refractivity contribution < 1.29 is 9.47 Å². The Morgan fingerprint density at radius 1 is 1.11 bits per heavy atom. The molecule has 36 heavy (non-hydrogen) atoms. The van der Waals surface area contributed by atoms with Crippen LogP contribution in [0, 0.1) is 12.8 Å². The number of hydrogen-bond acceptors (Lipinski definition) is 6.